The van der Waals surface area contributed by atoms with Crippen LogP contribution in [-0.4, -0.2) is 66.6 Å². The molecule has 1 aromatic carbocycles. The molecule has 1 unspecified atom stereocenters. The minimum Gasteiger partial charge on any atom is -0.379 e. The van der Waals surface area contributed by atoms with Gasteiger partial charge in [-0.05, 0) is 23.1 Å². The van der Waals surface area contributed by atoms with Gasteiger partial charge in [-0.15, -0.1) is 24.0 Å². The van der Waals surface area contributed by atoms with Gasteiger partial charge in [0.25, 0.3) is 0 Å². The van der Waals surface area contributed by atoms with Gasteiger partial charge in [0.1, 0.15) is 0 Å². The van der Waals surface area contributed by atoms with Crippen LogP contribution in [0.25, 0.3) is 0 Å². The van der Waals surface area contributed by atoms with Gasteiger partial charge in [-0.2, -0.15) is 5.10 Å². The Kier molecular flexibility index (Phi) is 10.6. The molecule has 8 heteroatoms. The molecule has 1 saturated heterocycles. The van der Waals surface area contributed by atoms with Crippen molar-refractivity contribution >= 4 is 29.9 Å². The second-order valence-electron chi connectivity index (χ2n) is 7.74. The normalized spacial score (nSPS) is 16.2. The summed E-state index contributed by atoms with van der Waals surface area (Å²) in [7, 11) is 1.82. The van der Waals surface area contributed by atoms with Gasteiger partial charge in [-0.1, -0.05) is 38.1 Å². The van der Waals surface area contributed by atoms with E-state index in [1.807, 2.05) is 30.2 Å². The van der Waals surface area contributed by atoms with Gasteiger partial charge >= 0.3 is 0 Å². The Hall–Kier alpha value is -1.65. The zero-order valence-electron chi connectivity index (χ0n) is 18.3. The third kappa shape index (κ3) is 7.24. The van der Waals surface area contributed by atoms with Crippen molar-refractivity contribution in [1.29, 1.82) is 0 Å². The predicted octanol–water partition coefficient (Wildman–Crippen LogP) is 2.57. The average Bonchev–Trinajstić information content (AvgIpc) is 3.25. The number of guanidine groups is 1. The van der Waals surface area contributed by atoms with E-state index < -0.39 is 0 Å². The van der Waals surface area contributed by atoms with Gasteiger partial charge in [-0.25, -0.2) is 0 Å². The molecule has 0 aliphatic carbocycles. The van der Waals surface area contributed by atoms with Gasteiger partial charge in [0.15, 0.2) is 5.96 Å². The highest BCUT2D eigenvalue weighted by Gasteiger charge is 2.23. The van der Waals surface area contributed by atoms with E-state index in [9.17, 15) is 0 Å². The van der Waals surface area contributed by atoms with E-state index in [-0.39, 0.29) is 24.0 Å². The number of aromatic nitrogens is 2. The van der Waals surface area contributed by atoms with Crippen LogP contribution in [0.1, 0.15) is 25.0 Å². The molecule has 3 rings (SSSR count). The summed E-state index contributed by atoms with van der Waals surface area (Å²) < 4.78 is 7.45. The molecular weight excluding hydrogens is 491 g/mol. The van der Waals surface area contributed by atoms with Gasteiger partial charge in [-0.3, -0.25) is 14.6 Å². The lowest BCUT2D eigenvalue weighted by molar-refractivity contribution is 0.00752. The molecule has 1 aliphatic rings. The maximum absolute atomic E-state index is 5.51. The van der Waals surface area contributed by atoms with Crippen molar-refractivity contribution in [3.8, 4) is 0 Å². The summed E-state index contributed by atoms with van der Waals surface area (Å²) in [6, 6.07) is 10.9. The van der Waals surface area contributed by atoms with Gasteiger partial charge in [0, 0.05) is 51.7 Å². The summed E-state index contributed by atoms with van der Waals surface area (Å²) in [5.41, 5.74) is 2.51. The first kappa shape index (κ1) is 24.6. The predicted molar refractivity (Wildman–Crippen MR) is 132 cm³/mol. The Morgan fingerprint density at radius 3 is 2.50 bits per heavy atom. The summed E-state index contributed by atoms with van der Waals surface area (Å²) in [5, 5.41) is 11.3. The Morgan fingerprint density at radius 2 is 1.87 bits per heavy atom. The maximum Gasteiger partial charge on any atom is 0.191 e. The standard InChI is InChI=1S/C22H34N6O.HI/c1-18(2)21(27-11-13-29-14-12-27)16-25-22(23-3)24-15-19-7-4-5-8-20(19)17-28-10-6-9-26-28;/h4-10,18,21H,11-17H2,1-3H3,(H2,23,24,25);1H. The monoisotopic (exact) mass is 526 g/mol. The van der Waals surface area contributed by atoms with Crippen LogP contribution in [0.2, 0.25) is 0 Å². The van der Waals surface area contributed by atoms with Crippen molar-refractivity contribution in [2.45, 2.75) is 33.0 Å². The number of aliphatic imine (C=N–C) groups is 1. The molecule has 0 radical (unpaired) electrons. The van der Waals surface area contributed by atoms with E-state index in [1.54, 1.807) is 0 Å². The Morgan fingerprint density at radius 1 is 1.13 bits per heavy atom. The summed E-state index contributed by atoms with van der Waals surface area (Å²) in [6.07, 6.45) is 3.80. The molecule has 7 nitrogen and oxygen atoms in total. The Balaban J connectivity index is 0.00000320. The van der Waals surface area contributed by atoms with Crippen LogP contribution in [0.5, 0.6) is 0 Å². The second-order valence-corrected chi connectivity index (χ2v) is 7.74. The fourth-order valence-electron chi connectivity index (χ4n) is 3.75. The molecule has 2 aromatic rings. The molecule has 166 valence electrons. The van der Waals surface area contributed by atoms with Crippen molar-refractivity contribution in [2.75, 3.05) is 39.9 Å². The lowest BCUT2D eigenvalue weighted by Crippen LogP contribution is -2.52. The number of ether oxygens (including phenoxy) is 1. The van der Waals surface area contributed by atoms with Crippen molar-refractivity contribution in [3.63, 3.8) is 0 Å². The molecular formula is C22H35IN6O. The van der Waals surface area contributed by atoms with E-state index in [1.165, 1.54) is 11.1 Å². The molecule has 2 heterocycles. The van der Waals surface area contributed by atoms with Crippen molar-refractivity contribution < 1.29 is 4.74 Å². The quantitative estimate of drug-likeness (QED) is 0.315. The van der Waals surface area contributed by atoms with Crippen LogP contribution in [0.3, 0.4) is 0 Å². The van der Waals surface area contributed by atoms with Crippen molar-refractivity contribution in [1.82, 2.24) is 25.3 Å². The first-order valence-electron chi connectivity index (χ1n) is 10.5. The summed E-state index contributed by atoms with van der Waals surface area (Å²) in [5.74, 6) is 1.39. The Labute approximate surface area is 197 Å². The van der Waals surface area contributed by atoms with Crippen molar-refractivity contribution in [2.24, 2.45) is 10.9 Å². The largest absolute Gasteiger partial charge is 0.379 e. The number of hydrogen-bond acceptors (Lipinski definition) is 4. The molecule has 1 aromatic heterocycles. The summed E-state index contributed by atoms with van der Waals surface area (Å²) in [6.45, 7) is 10.6. The zero-order chi connectivity index (χ0) is 20.5. The molecule has 2 N–H and O–H groups in total. The average molecular weight is 526 g/mol. The minimum absolute atomic E-state index is 0. The molecule has 0 saturated carbocycles. The number of morpholine rings is 1. The number of halogens is 1. The van der Waals surface area contributed by atoms with E-state index in [0.717, 1.165) is 51.9 Å². The molecule has 30 heavy (non-hydrogen) atoms. The molecule has 1 aliphatic heterocycles. The van der Waals surface area contributed by atoms with Crippen LogP contribution < -0.4 is 10.6 Å². The highest BCUT2D eigenvalue weighted by Crippen LogP contribution is 2.13. The maximum atomic E-state index is 5.51. The van der Waals surface area contributed by atoms with E-state index in [0.29, 0.717) is 12.0 Å². The van der Waals surface area contributed by atoms with Crippen LogP contribution in [0.15, 0.2) is 47.7 Å². The van der Waals surface area contributed by atoms with Gasteiger partial charge in [0.05, 0.1) is 19.8 Å². The van der Waals surface area contributed by atoms with E-state index in [2.05, 4.69) is 63.7 Å². The highest BCUT2D eigenvalue weighted by atomic mass is 127. The number of nitrogens with zero attached hydrogens (tertiary/aromatic N) is 4. The first-order valence-corrected chi connectivity index (χ1v) is 10.5. The fourth-order valence-corrected chi connectivity index (χ4v) is 3.75. The highest BCUT2D eigenvalue weighted by molar-refractivity contribution is 14.0. The van der Waals surface area contributed by atoms with E-state index in [4.69, 9.17) is 4.74 Å². The van der Waals surface area contributed by atoms with E-state index >= 15 is 0 Å². The zero-order valence-corrected chi connectivity index (χ0v) is 20.6. The molecule has 0 spiro atoms. The lowest BCUT2D eigenvalue weighted by Gasteiger charge is -2.37. The molecule has 0 bridgehead atoms. The number of hydrogen-bond donors (Lipinski definition) is 2. The second kappa shape index (κ2) is 12.9. The van der Waals surface area contributed by atoms with Crippen LogP contribution in [0.4, 0.5) is 0 Å². The Bertz CT molecular complexity index is 759. The topological polar surface area (TPSA) is 66.7 Å². The van der Waals surface area contributed by atoms with Crippen molar-refractivity contribution in [3.05, 3.63) is 53.9 Å². The third-order valence-electron chi connectivity index (χ3n) is 5.44. The summed E-state index contributed by atoms with van der Waals surface area (Å²) in [4.78, 5) is 6.94. The summed E-state index contributed by atoms with van der Waals surface area (Å²) >= 11 is 0. The van der Waals surface area contributed by atoms with Crippen LogP contribution in [-0.2, 0) is 17.8 Å². The number of benzene rings is 1. The third-order valence-corrected chi connectivity index (χ3v) is 5.44. The molecule has 1 fully saturated rings. The van der Waals surface area contributed by atoms with Crippen LogP contribution >= 0.6 is 24.0 Å². The van der Waals surface area contributed by atoms with Gasteiger partial charge in [0.2, 0.25) is 0 Å². The smallest absolute Gasteiger partial charge is 0.191 e. The SMILES string of the molecule is CN=C(NCc1ccccc1Cn1cccn1)NCC(C(C)C)N1CCOCC1.I. The van der Waals surface area contributed by atoms with Gasteiger partial charge < -0.3 is 15.4 Å². The first-order chi connectivity index (χ1) is 14.2. The number of rotatable bonds is 8. The minimum atomic E-state index is 0. The lowest BCUT2D eigenvalue weighted by atomic mass is 10.0. The number of nitrogens with one attached hydrogen (secondary N) is 2. The molecule has 1 atom stereocenters. The fraction of sp³-hybridized carbons (Fsp3) is 0.545. The molecule has 0 amide bonds. The van der Waals surface area contributed by atoms with Crippen LogP contribution in [0, 0.1) is 5.92 Å².